The fourth-order valence-electron chi connectivity index (χ4n) is 2.65. The second kappa shape index (κ2) is 5.89. The van der Waals surface area contributed by atoms with Gasteiger partial charge in [0.2, 0.25) is 0 Å². The summed E-state index contributed by atoms with van der Waals surface area (Å²) in [7, 11) is 1.88. The van der Waals surface area contributed by atoms with E-state index < -0.39 is 0 Å². The van der Waals surface area contributed by atoms with Gasteiger partial charge < -0.3 is 10.0 Å². The standard InChI is InChI=1S/C15H21NO2/c1-16(13-8-4-2-3-5-9-13)15(18)12-7-6-10-14(17)11-12/h6-7,10-11,13,17H,2-5,8-9H2,1H3. The summed E-state index contributed by atoms with van der Waals surface area (Å²) in [5.41, 5.74) is 0.571. The van der Waals surface area contributed by atoms with Crippen LogP contribution in [-0.2, 0) is 0 Å². The van der Waals surface area contributed by atoms with Crippen LogP contribution < -0.4 is 0 Å². The Hall–Kier alpha value is -1.51. The van der Waals surface area contributed by atoms with Crippen LogP contribution in [0.2, 0.25) is 0 Å². The number of nitrogens with zero attached hydrogens (tertiary/aromatic N) is 1. The van der Waals surface area contributed by atoms with Crippen LogP contribution in [0.5, 0.6) is 5.75 Å². The molecule has 1 aliphatic rings. The number of carbonyl (C=O) groups excluding carboxylic acids is 1. The molecule has 1 aromatic rings. The number of carbonyl (C=O) groups is 1. The number of aromatic hydroxyl groups is 1. The van der Waals surface area contributed by atoms with Gasteiger partial charge in [0.15, 0.2) is 0 Å². The smallest absolute Gasteiger partial charge is 0.253 e. The minimum atomic E-state index is 0.0119. The molecule has 3 heteroatoms. The van der Waals surface area contributed by atoms with Gasteiger partial charge in [0.25, 0.3) is 5.91 Å². The van der Waals surface area contributed by atoms with Crippen LogP contribution in [0.25, 0.3) is 0 Å². The molecule has 1 saturated carbocycles. The lowest BCUT2D eigenvalue weighted by molar-refractivity contribution is 0.0717. The largest absolute Gasteiger partial charge is 0.508 e. The highest BCUT2D eigenvalue weighted by Gasteiger charge is 2.22. The maximum absolute atomic E-state index is 12.3. The summed E-state index contributed by atoms with van der Waals surface area (Å²) in [6.07, 6.45) is 7.18. The van der Waals surface area contributed by atoms with Crippen LogP contribution >= 0.6 is 0 Å². The zero-order valence-corrected chi connectivity index (χ0v) is 10.9. The molecule has 3 nitrogen and oxygen atoms in total. The number of benzene rings is 1. The minimum Gasteiger partial charge on any atom is -0.508 e. The number of hydrogen-bond acceptors (Lipinski definition) is 2. The molecule has 0 radical (unpaired) electrons. The Morgan fingerprint density at radius 3 is 2.50 bits per heavy atom. The summed E-state index contributed by atoms with van der Waals surface area (Å²) in [6.45, 7) is 0. The molecule has 0 spiro atoms. The molecule has 0 unspecified atom stereocenters. The molecule has 0 heterocycles. The van der Waals surface area contributed by atoms with E-state index in [1.54, 1.807) is 18.2 Å². The summed E-state index contributed by atoms with van der Waals surface area (Å²) in [5, 5.41) is 9.43. The molecule has 0 bridgehead atoms. The Bertz CT molecular complexity index is 409. The van der Waals surface area contributed by atoms with Crippen molar-refractivity contribution in [1.82, 2.24) is 4.90 Å². The Morgan fingerprint density at radius 1 is 1.22 bits per heavy atom. The van der Waals surface area contributed by atoms with Gasteiger partial charge in [0.1, 0.15) is 5.75 Å². The van der Waals surface area contributed by atoms with Gasteiger partial charge in [0, 0.05) is 18.7 Å². The first-order valence-electron chi connectivity index (χ1n) is 6.74. The summed E-state index contributed by atoms with van der Waals surface area (Å²) < 4.78 is 0. The topological polar surface area (TPSA) is 40.5 Å². The first kappa shape index (κ1) is 12.9. The van der Waals surface area contributed by atoms with Gasteiger partial charge in [-0.3, -0.25) is 4.79 Å². The Labute approximate surface area is 108 Å². The van der Waals surface area contributed by atoms with Gasteiger partial charge in [-0.05, 0) is 31.0 Å². The highest BCUT2D eigenvalue weighted by Crippen LogP contribution is 2.23. The average Bonchev–Trinajstić information content (AvgIpc) is 2.66. The average molecular weight is 247 g/mol. The molecule has 2 rings (SSSR count). The molecule has 0 aliphatic heterocycles. The number of hydrogen-bond donors (Lipinski definition) is 1. The predicted octanol–water partition coefficient (Wildman–Crippen LogP) is 3.19. The van der Waals surface area contributed by atoms with Gasteiger partial charge in [-0.2, -0.15) is 0 Å². The third-order valence-corrected chi connectivity index (χ3v) is 3.79. The van der Waals surface area contributed by atoms with Crippen molar-refractivity contribution >= 4 is 5.91 Å². The lowest BCUT2D eigenvalue weighted by atomic mass is 10.1. The molecule has 0 saturated heterocycles. The second-order valence-corrected chi connectivity index (χ2v) is 5.11. The quantitative estimate of drug-likeness (QED) is 0.815. The van der Waals surface area contributed by atoms with Crippen molar-refractivity contribution < 1.29 is 9.90 Å². The fraction of sp³-hybridized carbons (Fsp3) is 0.533. The molecule has 1 amide bonds. The predicted molar refractivity (Wildman–Crippen MR) is 71.7 cm³/mol. The van der Waals surface area contributed by atoms with Crippen LogP contribution in [-0.4, -0.2) is 29.0 Å². The summed E-state index contributed by atoms with van der Waals surface area (Å²) in [6, 6.07) is 6.94. The highest BCUT2D eigenvalue weighted by molar-refractivity contribution is 5.94. The Kier molecular flexibility index (Phi) is 4.24. The lowest BCUT2D eigenvalue weighted by Gasteiger charge is -2.27. The van der Waals surface area contributed by atoms with Crippen LogP contribution in [0.1, 0.15) is 48.9 Å². The number of amides is 1. The van der Waals surface area contributed by atoms with Gasteiger partial charge in [-0.25, -0.2) is 0 Å². The van der Waals surface area contributed by atoms with Gasteiger partial charge in [-0.15, -0.1) is 0 Å². The lowest BCUT2D eigenvalue weighted by Crippen LogP contribution is -2.36. The first-order chi connectivity index (χ1) is 8.68. The van der Waals surface area contributed by atoms with Crippen molar-refractivity contribution in [3.63, 3.8) is 0 Å². The monoisotopic (exact) mass is 247 g/mol. The fourth-order valence-corrected chi connectivity index (χ4v) is 2.65. The van der Waals surface area contributed by atoms with E-state index in [1.165, 1.54) is 31.7 Å². The van der Waals surface area contributed by atoms with Crippen LogP contribution in [0, 0.1) is 0 Å². The number of rotatable bonds is 2. The summed E-state index contributed by atoms with van der Waals surface area (Å²) in [4.78, 5) is 14.2. The summed E-state index contributed by atoms with van der Waals surface area (Å²) in [5.74, 6) is 0.160. The molecular weight excluding hydrogens is 226 g/mol. The van der Waals surface area contributed by atoms with E-state index in [-0.39, 0.29) is 11.7 Å². The van der Waals surface area contributed by atoms with Gasteiger partial charge in [0.05, 0.1) is 0 Å². The molecule has 1 aromatic carbocycles. The number of phenolic OH excluding ortho intramolecular Hbond substituents is 1. The third kappa shape index (κ3) is 3.03. The minimum absolute atomic E-state index is 0.0119. The Morgan fingerprint density at radius 2 is 1.89 bits per heavy atom. The van der Waals surface area contributed by atoms with Crippen molar-refractivity contribution in [2.24, 2.45) is 0 Å². The van der Waals surface area contributed by atoms with Crippen LogP contribution in [0.15, 0.2) is 24.3 Å². The zero-order chi connectivity index (χ0) is 13.0. The SMILES string of the molecule is CN(C(=O)c1cccc(O)c1)C1CCCCCC1. The maximum Gasteiger partial charge on any atom is 0.253 e. The van der Waals surface area contributed by atoms with Crippen molar-refractivity contribution in [1.29, 1.82) is 0 Å². The molecular formula is C15H21NO2. The molecule has 0 atom stereocenters. The van der Waals surface area contributed by atoms with Crippen molar-refractivity contribution in [3.8, 4) is 5.75 Å². The molecule has 1 N–H and O–H groups in total. The van der Waals surface area contributed by atoms with E-state index in [9.17, 15) is 9.90 Å². The maximum atomic E-state index is 12.3. The van der Waals surface area contributed by atoms with E-state index in [2.05, 4.69) is 0 Å². The summed E-state index contributed by atoms with van der Waals surface area (Å²) >= 11 is 0. The third-order valence-electron chi connectivity index (χ3n) is 3.79. The molecule has 98 valence electrons. The van der Waals surface area contributed by atoms with E-state index >= 15 is 0 Å². The molecule has 1 fully saturated rings. The molecule has 1 aliphatic carbocycles. The van der Waals surface area contributed by atoms with Crippen molar-refractivity contribution in [2.45, 2.75) is 44.6 Å². The van der Waals surface area contributed by atoms with Crippen LogP contribution in [0.4, 0.5) is 0 Å². The van der Waals surface area contributed by atoms with E-state index in [1.807, 2.05) is 11.9 Å². The van der Waals surface area contributed by atoms with Gasteiger partial charge >= 0.3 is 0 Å². The number of phenols is 1. The van der Waals surface area contributed by atoms with E-state index in [0.717, 1.165) is 12.8 Å². The van der Waals surface area contributed by atoms with Gasteiger partial charge in [-0.1, -0.05) is 31.7 Å². The zero-order valence-electron chi connectivity index (χ0n) is 10.9. The van der Waals surface area contributed by atoms with E-state index in [0.29, 0.717) is 11.6 Å². The normalized spacial score (nSPS) is 17.2. The van der Waals surface area contributed by atoms with Crippen LogP contribution in [0.3, 0.4) is 0 Å². The first-order valence-corrected chi connectivity index (χ1v) is 6.74. The molecule has 0 aromatic heterocycles. The van der Waals surface area contributed by atoms with E-state index in [4.69, 9.17) is 0 Å². The highest BCUT2D eigenvalue weighted by atomic mass is 16.3. The molecule has 18 heavy (non-hydrogen) atoms. The second-order valence-electron chi connectivity index (χ2n) is 5.11. The van der Waals surface area contributed by atoms with Crippen molar-refractivity contribution in [2.75, 3.05) is 7.05 Å². The Balaban J connectivity index is 2.07. The van der Waals surface area contributed by atoms with Crippen molar-refractivity contribution in [3.05, 3.63) is 29.8 Å².